The molecule has 18 heavy (non-hydrogen) atoms. The number of rotatable bonds is 4. The highest BCUT2D eigenvalue weighted by Gasteiger charge is 2.31. The Hall–Kier alpha value is -1.10. The van der Waals surface area contributed by atoms with Crippen LogP contribution in [-0.2, 0) is 9.59 Å². The van der Waals surface area contributed by atoms with E-state index in [4.69, 9.17) is 11.5 Å². The molecule has 1 saturated carbocycles. The van der Waals surface area contributed by atoms with Gasteiger partial charge in [0.25, 0.3) is 0 Å². The summed E-state index contributed by atoms with van der Waals surface area (Å²) in [5.74, 6) is -0.206. The van der Waals surface area contributed by atoms with Crippen LogP contribution in [0.1, 0.15) is 40.0 Å². The summed E-state index contributed by atoms with van der Waals surface area (Å²) in [5, 5.41) is 2.76. The van der Waals surface area contributed by atoms with Crippen molar-refractivity contribution in [1.82, 2.24) is 5.32 Å². The minimum atomic E-state index is -0.592. The van der Waals surface area contributed by atoms with Gasteiger partial charge in [0.15, 0.2) is 0 Å². The Bertz CT molecular complexity index is 307. The summed E-state index contributed by atoms with van der Waals surface area (Å²) >= 11 is 0. The molecule has 5 heteroatoms. The zero-order chi connectivity index (χ0) is 13.9. The summed E-state index contributed by atoms with van der Waals surface area (Å²) < 4.78 is 0. The van der Waals surface area contributed by atoms with Crippen LogP contribution >= 0.6 is 0 Å². The highest BCUT2D eigenvalue weighted by atomic mass is 16.2. The van der Waals surface area contributed by atoms with E-state index in [0.29, 0.717) is 12.3 Å². The van der Waals surface area contributed by atoms with Gasteiger partial charge in [-0.2, -0.15) is 0 Å². The Balaban J connectivity index is 2.61. The van der Waals surface area contributed by atoms with Crippen LogP contribution in [0.15, 0.2) is 0 Å². The minimum Gasteiger partial charge on any atom is -0.368 e. The molecule has 1 rings (SSSR count). The third-order valence-electron chi connectivity index (χ3n) is 3.62. The number of nitrogens with two attached hydrogens (primary N) is 2. The summed E-state index contributed by atoms with van der Waals surface area (Å²) in [5.41, 5.74) is 11.2. The first kappa shape index (κ1) is 15.0. The molecule has 0 radical (unpaired) electrons. The normalized spacial score (nSPS) is 29.9. The van der Waals surface area contributed by atoms with Gasteiger partial charge in [-0.1, -0.05) is 20.8 Å². The van der Waals surface area contributed by atoms with E-state index < -0.39 is 11.9 Å². The molecular formula is C13H25N3O2. The predicted molar refractivity (Wildman–Crippen MR) is 70.4 cm³/mol. The van der Waals surface area contributed by atoms with Crippen LogP contribution in [-0.4, -0.2) is 23.9 Å². The summed E-state index contributed by atoms with van der Waals surface area (Å²) in [6.07, 6.45) is 2.50. The topological polar surface area (TPSA) is 98.2 Å². The van der Waals surface area contributed by atoms with Crippen LogP contribution in [0.3, 0.4) is 0 Å². The maximum atomic E-state index is 12.1. The quantitative estimate of drug-likeness (QED) is 0.677. The molecule has 0 aromatic heterocycles. The van der Waals surface area contributed by atoms with Crippen LogP contribution < -0.4 is 16.8 Å². The first-order valence-electron chi connectivity index (χ1n) is 6.66. The van der Waals surface area contributed by atoms with Crippen LogP contribution in [0.2, 0.25) is 0 Å². The van der Waals surface area contributed by atoms with Crippen LogP contribution in [0, 0.1) is 17.8 Å². The van der Waals surface area contributed by atoms with Gasteiger partial charge in [-0.05, 0) is 31.1 Å². The zero-order valence-electron chi connectivity index (χ0n) is 11.5. The summed E-state index contributed by atoms with van der Waals surface area (Å²) in [6, 6.07) is -0.512. The molecule has 0 aromatic rings. The molecule has 0 heterocycles. The molecule has 5 N–H and O–H groups in total. The third kappa shape index (κ3) is 3.98. The van der Waals surface area contributed by atoms with Gasteiger partial charge in [-0.25, -0.2) is 0 Å². The number of hydrogen-bond donors (Lipinski definition) is 3. The number of primary amides is 1. The number of carbonyl (C=O) groups excluding carboxylic acids is 2. The fourth-order valence-corrected chi connectivity index (χ4v) is 2.71. The second kappa shape index (κ2) is 6.18. The number of hydrogen-bond acceptors (Lipinski definition) is 3. The summed E-state index contributed by atoms with van der Waals surface area (Å²) in [6.45, 7) is 5.84. The number of nitrogens with one attached hydrogen (secondary N) is 1. The van der Waals surface area contributed by atoms with Crippen LogP contribution in [0.4, 0.5) is 0 Å². The van der Waals surface area contributed by atoms with Crippen molar-refractivity contribution in [1.29, 1.82) is 0 Å². The lowest BCUT2D eigenvalue weighted by Crippen LogP contribution is -2.51. The Labute approximate surface area is 109 Å². The molecule has 0 aromatic carbocycles. The molecule has 4 unspecified atom stereocenters. The fourth-order valence-electron chi connectivity index (χ4n) is 2.71. The lowest BCUT2D eigenvalue weighted by molar-refractivity contribution is -0.131. The van der Waals surface area contributed by atoms with Crippen molar-refractivity contribution in [3.63, 3.8) is 0 Å². The Kier molecular flexibility index (Phi) is 5.14. The molecule has 0 aliphatic heterocycles. The van der Waals surface area contributed by atoms with Gasteiger partial charge >= 0.3 is 0 Å². The van der Waals surface area contributed by atoms with Gasteiger partial charge in [-0.15, -0.1) is 0 Å². The van der Waals surface area contributed by atoms with Crippen molar-refractivity contribution < 1.29 is 9.59 Å². The van der Waals surface area contributed by atoms with E-state index in [1.807, 2.05) is 13.8 Å². The van der Waals surface area contributed by atoms with E-state index in [0.717, 1.165) is 12.8 Å². The third-order valence-corrected chi connectivity index (χ3v) is 3.62. The highest BCUT2D eigenvalue weighted by molar-refractivity contribution is 5.87. The van der Waals surface area contributed by atoms with Crippen molar-refractivity contribution in [3.05, 3.63) is 0 Å². The smallest absolute Gasteiger partial charge is 0.240 e. The van der Waals surface area contributed by atoms with Gasteiger partial charge in [0, 0.05) is 12.0 Å². The van der Waals surface area contributed by atoms with Crippen molar-refractivity contribution in [2.45, 2.75) is 52.1 Å². The second-order valence-corrected chi connectivity index (χ2v) is 5.90. The molecule has 1 fully saturated rings. The molecule has 2 amide bonds. The maximum absolute atomic E-state index is 12.1. The first-order valence-corrected chi connectivity index (χ1v) is 6.66. The van der Waals surface area contributed by atoms with Crippen molar-refractivity contribution >= 4 is 11.8 Å². The van der Waals surface area contributed by atoms with E-state index >= 15 is 0 Å². The highest BCUT2D eigenvalue weighted by Crippen LogP contribution is 2.28. The Morgan fingerprint density at radius 3 is 2.28 bits per heavy atom. The molecular weight excluding hydrogens is 230 g/mol. The van der Waals surface area contributed by atoms with E-state index in [1.165, 1.54) is 0 Å². The summed E-state index contributed by atoms with van der Waals surface area (Å²) in [7, 11) is 0. The van der Waals surface area contributed by atoms with Crippen LogP contribution in [0.25, 0.3) is 0 Å². The first-order chi connectivity index (χ1) is 8.31. The monoisotopic (exact) mass is 255 g/mol. The van der Waals surface area contributed by atoms with Gasteiger partial charge in [0.2, 0.25) is 11.8 Å². The average Bonchev–Trinajstić information content (AvgIpc) is 2.23. The second-order valence-electron chi connectivity index (χ2n) is 5.90. The number of amides is 2. The molecule has 1 aliphatic rings. The van der Waals surface area contributed by atoms with E-state index in [2.05, 4.69) is 12.2 Å². The zero-order valence-corrected chi connectivity index (χ0v) is 11.5. The maximum Gasteiger partial charge on any atom is 0.240 e. The number of carbonyl (C=O) groups is 2. The van der Waals surface area contributed by atoms with E-state index in [9.17, 15) is 9.59 Å². The molecule has 5 nitrogen and oxygen atoms in total. The van der Waals surface area contributed by atoms with Gasteiger partial charge < -0.3 is 16.8 Å². The van der Waals surface area contributed by atoms with Crippen LogP contribution in [0.5, 0.6) is 0 Å². The van der Waals surface area contributed by atoms with Gasteiger partial charge in [0.05, 0.1) is 0 Å². The van der Waals surface area contributed by atoms with E-state index in [1.54, 1.807) is 0 Å². The Morgan fingerprint density at radius 2 is 1.83 bits per heavy atom. The molecule has 104 valence electrons. The average molecular weight is 255 g/mol. The standard InChI is InChI=1S/C13H25N3O2/c1-7(2)11(12(15)17)16-13(18)9-4-8(3)5-10(14)6-9/h7-11H,4-6,14H2,1-3H3,(H2,15,17)(H,16,18). The molecule has 0 saturated heterocycles. The van der Waals surface area contributed by atoms with Crippen molar-refractivity contribution in [2.24, 2.45) is 29.2 Å². The molecule has 4 atom stereocenters. The van der Waals surface area contributed by atoms with Crippen molar-refractivity contribution in [3.8, 4) is 0 Å². The largest absolute Gasteiger partial charge is 0.368 e. The summed E-state index contributed by atoms with van der Waals surface area (Å²) in [4.78, 5) is 23.4. The lowest BCUT2D eigenvalue weighted by Gasteiger charge is -2.31. The fraction of sp³-hybridized carbons (Fsp3) is 0.846. The molecule has 0 bridgehead atoms. The predicted octanol–water partition coefficient (Wildman–Crippen LogP) is 0.376. The van der Waals surface area contributed by atoms with Gasteiger partial charge in [-0.3, -0.25) is 9.59 Å². The molecule has 0 spiro atoms. The van der Waals surface area contributed by atoms with Crippen molar-refractivity contribution in [2.75, 3.05) is 0 Å². The SMILES string of the molecule is CC1CC(N)CC(C(=O)NC(C(N)=O)C(C)C)C1. The molecule has 1 aliphatic carbocycles. The Morgan fingerprint density at radius 1 is 1.22 bits per heavy atom. The van der Waals surface area contributed by atoms with E-state index in [-0.39, 0.29) is 23.8 Å². The minimum absolute atomic E-state index is 0.00105. The van der Waals surface area contributed by atoms with Gasteiger partial charge in [0.1, 0.15) is 6.04 Å². The lowest BCUT2D eigenvalue weighted by atomic mass is 9.79.